The van der Waals surface area contributed by atoms with Gasteiger partial charge in [0, 0.05) is 17.3 Å². The largest absolute Gasteiger partial charge is 0.478 e. The van der Waals surface area contributed by atoms with Crippen molar-refractivity contribution in [2.45, 2.75) is 32.6 Å². The number of benzene rings is 2. The van der Waals surface area contributed by atoms with Gasteiger partial charge >= 0.3 is 12.1 Å². The number of aliphatic carboxylic acids is 1. The molecule has 2 aromatic carbocycles. The first-order valence-electron chi connectivity index (χ1n) is 9.56. The normalized spacial score (nSPS) is 18.3. The first-order chi connectivity index (χ1) is 14.6. The monoisotopic (exact) mass is 451 g/mol. The second kappa shape index (κ2) is 9.01. The average Bonchev–Trinajstić information content (AvgIpc) is 2.71. The fourth-order valence-electron chi connectivity index (χ4n) is 3.53. The van der Waals surface area contributed by atoms with Crippen molar-refractivity contribution in [3.63, 3.8) is 0 Å². The van der Waals surface area contributed by atoms with E-state index in [2.05, 4.69) is 10.3 Å². The predicted octanol–water partition coefficient (Wildman–Crippen LogP) is 5.24. The zero-order chi connectivity index (χ0) is 22.8. The Labute approximate surface area is 182 Å². The van der Waals surface area contributed by atoms with E-state index in [4.69, 9.17) is 11.6 Å². The maximum Gasteiger partial charge on any atom is 0.416 e. The molecule has 2 aromatic rings. The van der Waals surface area contributed by atoms with E-state index in [0.29, 0.717) is 23.2 Å². The molecule has 3 rings (SSSR count). The fourth-order valence-corrected chi connectivity index (χ4v) is 3.75. The molecule has 1 aliphatic rings. The summed E-state index contributed by atoms with van der Waals surface area (Å²) in [4.78, 5) is 18.3. The minimum absolute atomic E-state index is 0.0251. The van der Waals surface area contributed by atoms with Crippen LogP contribution in [0, 0.1) is 0 Å². The average molecular weight is 452 g/mol. The minimum Gasteiger partial charge on any atom is -0.478 e. The fraction of sp³-hybridized carbons (Fsp3) is 0.273. The maximum absolute atomic E-state index is 13.2. The molecule has 0 unspecified atom stereocenters. The molecule has 0 saturated heterocycles. The number of allylic oxidation sites excluding steroid dienone is 1. The standard InChI is InChI=1S/C22H21ClF3N3O2/c1-3-29-13(2)18(20(30)31)19(15-7-5-8-16(11-15)22(24,25)26)28-21(29)27-12-14-6-4-9-17(23)10-14/h4-11,19H,3,12H2,1-2H3,(H,27,28)(H,30,31)/t19-/m0/s1. The van der Waals surface area contributed by atoms with Crippen molar-refractivity contribution in [2.75, 3.05) is 6.54 Å². The van der Waals surface area contributed by atoms with Crippen LogP contribution in [-0.4, -0.2) is 28.5 Å². The molecule has 31 heavy (non-hydrogen) atoms. The van der Waals surface area contributed by atoms with Crippen LogP contribution in [0.2, 0.25) is 5.02 Å². The highest BCUT2D eigenvalue weighted by Crippen LogP contribution is 2.35. The summed E-state index contributed by atoms with van der Waals surface area (Å²) in [5.41, 5.74) is 0.588. The SMILES string of the molecule is CCN1C(=NCc2cccc(Cl)c2)N[C@@H](c2cccc(C(F)(F)F)c2)C(C(=O)O)=C1C. The number of hydrogen-bond donors (Lipinski definition) is 2. The number of hydrogen-bond acceptors (Lipinski definition) is 2. The Morgan fingerprint density at radius 3 is 2.55 bits per heavy atom. The van der Waals surface area contributed by atoms with Crippen LogP contribution < -0.4 is 5.32 Å². The molecule has 0 fully saturated rings. The highest BCUT2D eigenvalue weighted by Gasteiger charge is 2.36. The Kier molecular flexibility index (Phi) is 6.59. The summed E-state index contributed by atoms with van der Waals surface area (Å²) in [6, 6.07) is 10.8. The Balaban J connectivity index is 2.05. The summed E-state index contributed by atoms with van der Waals surface area (Å²) in [5.74, 6) is -0.827. The zero-order valence-electron chi connectivity index (χ0n) is 16.9. The molecule has 0 saturated carbocycles. The van der Waals surface area contributed by atoms with Crippen molar-refractivity contribution in [3.8, 4) is 0 Å². The van der Waals surface area contributed by atoms with E-state index in [1.54, 1.807) is 30.0 Å². The van der Waals surface area contributed by atoms with Gasteiger partial charge in [-0.1, -0.05) is 35.9 Å². The topological polar surface area (TPSA) is 64.9 Å². The van der Waals surface area contributed by atoms with Gasteiger partial charge in [-0.15, -0.1) is 0 Å². The van der Waals surface area contributed by atoms with E-state index in [-0.39, 0.29) is 17.7 Å². The molecule has 9 heteroatoms. The number of carboxylic acids is 1. The lowest BCUT2D eigenvalue weighted by molar-refractivity contribution is -0.137. The van der Waals surface area contributed by atoms with Crippen molar-refractivity contribution in [1.29, 1.82) is 0 Å². The highest BCUT2D eigenvalue weighted by atomic mass is 35.5. The van der Waals surface area contributed by atoms with Gasteiger partial charge in [0.25, 0.3) is 0 Å². The highest BCUT2D eigenvalue weighted by molar-refractivity contribution is 6.30. The third kappa shape index (κ3) is 5.02. The third-order valence-electron chi connectivity index (χ3n) is 5.01. The lowest BCUT2D eigenvalue weighted by Gasteiger charge is -2.37. The molecular formula is C22H21ClF3N3O2. The molecule has 0 aliphatic carbocycles. The zero-order valence-corrected chi connectivity index (χ0v) is 17.6. The number of carboxylic acid groups (broad SMARTS) is 1. The number of carbonyl (C=O) groups is 1. The molecule has 0 amide bonds. The second-order valence-electron chi connectivity index (χ2n) is 7.02. The van der Waals surface area contributed by atoms with Gasteiger partial charge in [-0.2, -0.15) is 13.2 Å². The summed E-state index contributed by atoms with van der Waals surface area (Å²) in [5, 5.41) is 13.4. The number of aliphatic imine (C=N–C) groups is 1. The lowest BCUT2D eigenvalue weighted by Crippen LogP contribution is -2.48. The Bertz CT molecular complexity index is 1050. The Morgan fingerprint density at radius 2 is 1.94 bits per heavy atom. The van der Waals surface area contributed by atoms with Gasteiger partial charge in [0.15, 0.2) is 5.96 Å². The van der Waals surface area contributed by atoms with E-state index >= 15 is 0 Å². The van der Waals surface area contributed by atoms with Crippen LogP contribution in [-0.2, 0) is 17.5 Å². The third-order valence-corrected chi connectivity index (χ3v) is 5.24. The first kappa shape index (κ1) is 22.7. The second-order valence-corrected chi connectivity index (χ2v) is 7.46. The summed E-state index contributed by atoms with van der Waals surface area (Å²) in [6.07, 6.45) is -4.54. The van der Waals surface area contributed by atoms with Gasteiger partial charge < -0.3 is 15.3 Å². The van der Waals surface area contributed by atoms with Gasteiger partial charge in [0.2, 0.25) is 0 Å². The van der Waals surface area contributed by atoms with Crippen molar-refractivity contribution in [2.24, 2.45) is 4.99 Å². The first-order valence-corrected chi connectivity index (χ1v) is 9.93. The van der Waals surface area contributed by atoms with Crippen LogP contribution in [0.1, 0.15) is 36.6 Å². The number of rotatable bonds is 5. The van der Waals surface area contributed by atoms with E-state index in [1.807, 2.05) is 13.0 Å². The van der Waals surface area contributed by atoms with Crippen molar-refractivity contribution in [1.82, 2.24) is 10.2 Å². The molecule has 0 bridgehead atoms. The van der Waals surface area contributed by atoms with Gasteiger partial charge in [0.05, 0.1) is 23.7 Å². The molecule has 164 valence electrons. The van der Waals surface area contributed by atoms with E-state index in [9.17, 15) is 23.1 Å². The van der Waals surface area contributed by atoms with Crippen LogP contribution >= 0.6 is 11.6 Å². The molecule has 2 N–H and O–H groups in total. The van der Waals surface area contributed by atoms with Crippen molar-refractivity contribution in [3.05, 3.63) is 81.5 Å². The lowest BCUT2D eigenvalue weighted by atomic mass is 9.93. The van der Waals surface area contributed by atoms with Crippen LogP contribution in [0.5, 0.6) is 0 Å². The number of nitrogens with zero attached hydrogens (tertiary/aromatic N) is 2. The molecule has 0 radical (unpaired) electrons. The minimum atomic E-state index is -4.54. The smallest absolute Gasteiger partial charge is 0.416 e. The van der Waals surface area contributed by atoms with Crippen LogP contribution in [0.15, 0.2) is 64.8 Å². The number of nitrogens with one attached hydrogen (secondary N) is 1. The van der Waals surface area contributed by atoms with E-state index in [1.165, 1.54) is 12.1 Å². The molecular weight excluding hydrogens is 431 g/mol. The molecule has 5 nitrogen and oxygen atoms in total. The molecule has 0 aromatic heterocycles. The summed E-state index contributed by atoms with van der Waals surface area (Å²) in [6.45, 7) is 4.16. The molecule has 1 heterocycles. The van der Waals surface area contributed by atoms with E-state index in [0.717, 1.165) is 17.7 Å². The quantitative estimate of drug-likeness (QED) is 0.652. The maximum atomic E-state index is 13.2. The molecule has 0 spiro atoms. The van der Waals surface area contributed by atoms with Crippen LogP contribution in [0.25, 0.3) is 0 Å². The van der Waals surface area contributed by atoms with E-state index < -0.39 is 23.8 Å². The number of halogens is 4. The number of alkyl halides is 3. The van der Waals surface area contributed by atoms with Gasteiger partial charge in [-0.05, 0) is 49.2 Å². The van der Waals surface area contributed by atoms with Crippen LogP contribution in [0.3, 0.4) is 0 Å². The Morgan fingerprint density at radius 1 is 1.23 bits per heavy atom. The van der Waals surface area contributed by atoms with Crippen molar-refractivity contribution >= 4 is 23.5 Å². The summed E-state index contributed by atoms with van der Waals surface area (Å²) in [7, 11) is 0. The number of guanidine groups is 1. The Hall–Kier alpha value is -3.00. The van der Waals surface area contributed by atoms with Crippen LogP contribution in [0.4, 0.5) is 13.2 Å². The predicted molar refractivity (Wildman–Crippen MR) is 113 cm³/mol. The molecule has 1 atom stereocenters. The van der Waals surface area contributed by atoms with Gasteiger partial charge in [-0.25, -0.2) is 9.79 Å². The summed E-state index contributed by atoms with van der Waals surface area (Å²) >= 11 is 6.02. The van der Waals surface area contributed by atoms with Gasteiger partial charge in [-0.3, -0.25) is 0 Å². The van der Waals surface area contributed by atoms with Gasteiger partial charge in [0.1, 0.15) is 0 Å². The van der Waals surface area contributed by atoms with Crippen molar-refractivity contribution < 1.29 is 23.1 Å². The molecule has 1 aliphatic heterocycles. The summed E-state index contributed by atoms with van der Waals surface area (Å²) < 4.78 is 39.6.